The van der Waals surface area contributed by atoms with Gasteiger partial charge in [-0.1, -0.05) is 0 Å². The summed E-state index contributed by atoms with van der Waals surface area (Å²) < 4.78 is -1.60. The van der Waals surface area contributed by atoms with Gasteiger partial charge < -0.3 is 5.21 Å². The van der Waals surface area contributed by atoms with Crippen LogP contribution in [0.15, 0.2) is 16.6 Å². The molecule has 0 aliphatic carbocycles. The van der Waals surface area contributed by atoms with Crippen LogP contribution >= 0.6 is 11.9 Å². The zero-order chi connectivity index (χ0) is 6.04. The Kier molecular flexibility index (Phi) is 1.35. The second-order valence-corrected chi connectivity index (χ2v) is 2.15. The first-order chi connectivity index (χ1) is 3.71. The van der Waals surface area contributed by atoms with Crippen molar-refractivity contribution >= 4 is 18.2 Å². The third-order valence-electron chi connectivity index (χ3n) is 0.575. The molecule has 1 N–H and O–H groups in total. The van der Waals surface area contributed by atoms with E-state index in [1.54, 1.807) is 6.08 Å². The fraction of sp³-hybridized carbons (Fsp3) is 0. The molecular weight excluding hydrogens is 128 g/mol. The van der Waals surface area contributed by atoms with Gasteiger partial charge in [-0.3, -0.25) is 0 Å². The second-order valence-electron chi connectivity index (χ2n) is 1.19. The fourth-order valence-electron chi connectivity index (χ4n) is 0.300. The van der Waals surface area contributed by atoms with Crippen LogP contribution in [0.25, 0.3) is 0 Å². The standard InChI is InChI=1S/C3H4N2O2S/c6-5(7)4-2-1-3-8-5/h1-3,6H. The van der Waals surface area contributed by atoms with Crippen molar-refractivity contribution in [2.45, 2.75) is 0 Å². The van der Waals surface area contributed by atoms with Crippen molar-refractivity contribution in [2.24, 2.45) is 5.10 Å². The van der Waals surface area contributed by atoms with E-state index in [9.17, 15) is 5.21 Å². The van der Waals surface area contributed by atoms with Crippen molar-refractivity contribution in [1.29, 1.82) is 0 Å². The Morgan fingerprint density at radius 1 is 1.75 bits per heavy atom. The fourth-order valence-corrected chi connectivity index (χ4v) is 0.707. The molecule has 1 unspecified atom stereocenters. The molecule has 1 heterocycles. The summed E-state index contributed by atoms with van der Waals surface area (Å²) >= 11 is 0.679. The van der Waals surface area contributed by atoms with Crippen LogP contribution in [0.4, 0.5) is 0 Å². The summed E-state index contributed by atoms with van der Waals surface area (Å²) in [4.78, 5) is 0. The molecule has 0 amide bonds. The third-order valence-corrected chi connectivity index (χ3v) is 1.22. The highest BCUT2D eigenvalue weighted by Gasteiger charge is 2.13. The minimum atomic E-state index is -1.60. The molecule has 0 saturated heterocycles. The number of allylic oxidation sites excluding steroid dienone is 1. The molecule has 1 rings (SSSR count). The molecule has 0 fully saturated rings. The van der Waals surface area contributed by atoms with Gasteiger partial charge in [0, 0.05) is 5.41 Å². The molecule has 1 aliphatic heterocycles. The second kappa shape index (κ2) is 1.87. The van der Waals surface area contributed by atoms with Gasteiger partial charge in [0.25, 0.3) is 0 Å². The van der Waals surface area contributed by atoms with E-state index >= 15 is 0 Å². The minimum Gasteiger partial charge on any atom is -0.558 e. The molecule has 0 radical (unpaired) electrons. The zero-order valence-corrected chi connectivity index (χ0v) is 4.71. The lowest BCUT2D eigenvalue weighted by atomic mass is 10.7. The summed E-state index contributed by atoms with van der Waals surface area (Å²) in [5.41, 5.74) is 0. The summed E-state index contributed by atoms with van der Waals surface area (Å²) in [7, 11) is 0. The Bertz CT molecular complexity index is 142. The van der Waals surface area contributed by atoms with E-state index in [0.29, 0.717) is 11.9 Å². The van der Waals surface area contributed by atoms with Crippen LogP contribution in [0.5, 0.6) is 0 Å². The van der Waals surface area contributed by atoms with E-state index in [1.807, 2.05) is 0 Å². The largest absolute Gasteiger partial charge is 0.558 e. The Morgan fingerprint density at radius 2 is 2.50 bits per heavy atom. The Balaban J connectivity index is 2.65. The van der Waals surface area contributed by atoms with Crippen LogP contribution in [-0.4, -0.2) is 15.7 Å². The lowest BCUT2D eigenvalue weighted by Gasteiger charge is -2.21. The highest BCUT2D eigenvalue weighted by Crippen LogP contribution is 2.20. The first-order valence-electron chi connectivity index (χ1n) is 1.93. The molecule has 1 aliphatic rings. The molecule has 8 heavy (non-hydrogen) atoms. The van der Waals surface area contributed by atoms with E-state index < -0.39 is 4.32 Å². The molecule has 4 nitrogen and oxygen atoms in total. The molecule has 0 aromatic heterocycles. The first-order valence-corrected chi connectivity index (χ1v) is 2.76. The van der Waals surface area contributed by atoms with Crippen molar-refractivity contribution < 1.29 is 9.53 Å². The predicted octanol–water partition coefficient (Wildman–Crippen LogP) is 0.851. The quantitative estimate of drug-likeness (QED) is 0.302. The number of rotatable bonds is 0. The Labute approximate surface area is 50.4 Å². The van der Waals surface area contributed by atoms with Gasteiger partial charge in [0.15, 0.2) is 11.9 Å². The normalized spacial score (nSPS) is 35.8. The maximum absolute atomic E-state index is 10.3. The lowest BCUT2D eigenvalue weighted by molar-refractivity contribution is -0.956. The van der Waals surface area contributed by atoms with Crippen LogP contribution in [0.3, 0.4) is 0 Å². The van der Waals surface area contributed by atoms with Crippen LogP contribution in [0.1, 0.15) is 0 Å². The Hall–Kier alpha value is -0.360. The van der Waals surface area contributed by atoms with Crippen molar-refractivity contribution in [1.82, 2.24) is 0 Å². The molecule has 1 atom stereocenters. The van der Waals surface area contributed by atoms with Crippen molar-refractivity contribution in [2.75, 3.05) is 0 Å². The van der Waals surface area contributed by atoms with Crippen LogP contribution in [0, 0.1) is 5.21 Å². The minimum absolute atomic E-state index is 0.679. The average molecular weight is 132 g/mol. The van der Waals surface area contributed by atoms with Gasteiger partial charge in [-0.15, -0.1) is 0 Å². The highest BCUT2D eigenvalue weighted by atomic mass is 32.2. The monoisotopic (exact) mass is 132 g/mol. The van der Waals surface area contributed by atoms with Crippen molar-refractivity contribution in [3.05, 3.63) is 16.7 Å². The summed E-state index contributed by atoms with van der Waals surface area (Å²) in [5.74, 6) is 0. The molecule has 5 heteroatoms. The predicted molar refractivity (Wildman–Crippen MR) is 30.6 cm³/mol. The topological polar surface area (TPSA) is 55.6 Å². The molecule has 44 valence electrons. The van der Waals surface area contributed by atoms with E-state index in [4.69, 9.17) is 5.21 Å². The smallest absolute Gasteiger partial charge is 0.171 e. The van der Waals surface area contributed by atoms with E-state index in [-0.39, 0.29) is 0 Å². The summed E-state index contributed by atoms with van der Waals surface area (Å²) in [6.45, 7) is 0. The lowest BCUT2D eigenvalue weighted by Crippen LogP contribution is -2.22. The maximum Gasteiger partial charge on any atom is 0.171 e. The number of hydrogen-bond donors (Lipinski definition) is 1. The molecule has 0 spiro atoms. The van der Waals surface area contributed by atoms with Gasteiger partial charge in [0.05, 0.1) is 6.21 Å². The van der Waals surface area contributed by atoms with Crippen LogP contribution < -0.4 is 0 Å². The van der Waals surface area contributed by atoms with E-state index in [2.05, 4.69) is 5.10 Å². The first kappa shape index (κ1) is 5.77. The molecular formula is C3H4N2O2S. The SMILES string of the molecule is [O-][N+]1(O)N=CC=CS1. The van der Waals surface area contributed by atoms with Gasteiger partial charge in [-0.25, -0.2) is 0 Å². The van der Waals surface area contributed by atoms with Gasteiger partial charge in [0.1, 0.15) is 0 Å². The summed E-state index contributed by atoms with van der Waals surface area (Å²) in [6.07, 6.45) is 2.83. The number of nitrogens with zero attached hydrogens (tertiary/aromatic N) is 2. The van der Waals surface area contributed by atoms with Gasteiger partial charge in [-0.2, -0.15) is 5.21 Å². The van der Waals surface area contributed by atoms with Crippen LogP contribution in [-0.2, 0) is 0 Å². The van der Waals surface area contributed by atoms with Crippen LogP contribution in [0.2, 0.25) is 0 Å². The highest BCUT2D eigenvalue weighted by molar-refractivity contribution is 7.96. The number of hydrogen-bond acceptors (Lipinski definition) is 4. The van der Waals surface area contributed by atoms with E-state index in [0.717, 1.165) is 0 Å². The van der Waals surface area contributed by atoms with Gasteiger partial charge in [-0.05, 0) is 15.5 Å². The average Bonchev–Trinajstić information content (AvgIpc) is 1.65. The molecule has 0 bridgehead atoms. The molecule has 0 saturated carbocycles. The summed E-state index contributed by atoms with van der Waals surface area (Å²) in [5, 5.41) is 23.4. The number of quaternary nitrogens is 1. The van der Waals surface area contributed by atoms with Gasteiger partial charge >= 0.3 is 0 Å². The van der Waals surface area contributed by atoms with Gasteiger partial charge in [0.2, 0.25) is 0 Å². The summed E-state index contributed by atoms with van der Waals surface area (Å²) in [6, 6.07) is 0. The molecule has 0 aromatic rings. The Morgan fingerprint density at radius 3 is 2.75 bits per heavy atom. The molecule has 0 aromatic carbocycles. The third kappa shape index (κ3) is 1.31. The van der Waals surface area contributed by atoms with Crippen molar-refractivity contribution in [3.63, 3.8) is 0 Å². The van der Waals surface area contributed by atoms with Crippen molar-refractivity contribution in [3.8, 4) is 0 Å². The van der Waals surface area contributed by atoms with E-state index in [1.165, 1.54) is 11.6 Å². The zero-order valence-electron chi connectivity index (χ0n) is 3.89. The maximum atomic E-state index is 10.3.